The first-order chi connectivity index (χ1) is 10.2. The van der Waals surface area contributed by atoms with Crippen molar-refractivity contribution < 1.29 is 4.79 Å². The summed E-state index contributed by atoms with van der Waals surface area (Å²) in [6.07, 6.45) is 3.39. The topological polar surface area (TPSA) is 59.8 Å². The number of carbonyl (C=O) groups excluding carboxylic acids is 1. The second-order valence-corrected chi connectivity index (χ2v) is 7.69. The zero-order valence-corrected chi connectivity index (χ0v) is 14.9. The Balaban J connectivity index is 2.06. The fraction of sp³-hybridized carbons (Fsp3) is 0.562. The molecule has 0 aromatic carbocycles. The van der Waals surface area contributed by atoms with Crippen molar-refractivity contribution in [1.29, 1.82) is 0 Å². The second kappa shape index (κ2) is 6.20. The Morgan fingerprint density at radius 1 is 1.32 bits per heavy atom. The van der Waals surface area contributed by atoms with Gasteiger partial charge in [0.05, 0.1) is 34.0 Å². The molecule has 0 aliphatic heterocycles. The fourth-order valence-corrected chi connectivity index (χ4v) is 2.85. The first-order valence-corrected chi connectivity index (χ1v) is 8.37. The summed E-state index contributed by atoms with van der Waals surface area (Å²) in [5.74, 6) is 0.286. The van der Waals surface area contributed by atoms with E-state index < -0.39 is 0 Å². The van der Waals surface area contributed by atoms with Gasteiger partial charge in [0.2, 0.25) is 0 Å². The van der Waals surface area contributed by atoms with Gasteiger partial charge in [-0.2, -0.15) is 5.10 Å². The molecule has 0 saturated heterocycles. The molecule has 22 heavy (non-hydrogen) atoms. The van der Waals surface area contributed by atoms with Gasteiger partial charge in [0, 0.05) is 17.5 Å². The molecule has 120 valence electrons. The van der Waals surface area contributed by atoms with Crippen molar-refractivity contribution in [3.8, 4) is 0 Å². The summed E-state index contributed by atoms with van der Waals surface area (Å²) in [5, 5.41) is 10.3. The van der Waals surface area contributed by atoms with Gasteiger partial charge in [0.25, 0.3) is 5.91 Å². The highest BCUT2D eigenvalue weighted by Crippen LogP contribution is 2.23. The van der Waals surface area contributed by atoms with Gasteiger partial charge in [-0.25, -0.2) is 4.98 Å². The van der Waals surface area contributed by atoms with Crippen LogP contribution in [0.15, 0.2) is 17.8 Å². The third kappa shape index (κ3) is 3.74. The van der Waals surface area contributed by atoms with Crippen LogP contribution >= 0.6 is 11.3 Å². The largest absolute Gasteiger partial charge is 0.344 e. The van der Waals surface area contributed by atoms with Gasteiger partial charge in [-0.1, -0.05) is 13.8 Å². The lowest BCUT2D eigenvalue weighted by Crippen LogP contribution is -2.27. The summed E-state index contributed by atoms with van der Waals surface area (Å²) in [7, 11) is 0. The standard InChI is InChI=1S/C16H24N4OS/c1-10(2)15-19-13(9-22-15)11(3)18-14(21)12-7-17-20(8-12)16(4,5)6/h7-11H,1-6H3,(H,18,21)/t11-/m1/s1. The van der Waals surface area contributed by atoms with Crippen molar-refractivity contribution in [3.05, 3.63) is 34.0 Å². The molecule has 2 heterocycles. The predicted octanol–water partition coefficient (Wildman–Crippen LogP) is 3.71. The molecule has 2 aromatic heterocycles. The highest BCUT2D eigenvalue weighted by atomic mass is 32.1. The number of hydrogen-bond donors (Lipinski definition) is 1. The molecule has 0 spiro atoms. The number of amides is 1. The smallest absolute Gasteiger partial charge is 0.254 e. The predicted molar refractivity (Wildman–Crippen MR) is 89.3 cm³/mol. The van der Waals surface area contributed by atoms with Gasteiger partial charge in [-0.15, -0.1) is 11.3 Å². The average Bonchev–Trinajstić information content (AvgIpc) is 3.07. The summed E-state index contributed by atoms with van der Waals surface area (Å²) in [6.45, 7) is 12.3. The van der Waals surface area contributed by atoms with Crippen LogP contribution in [0.1, 0.15) is 74.6 Å². The Kier molecular flexibility index (Phi) is 4.70. The van der Waals surface area contributed by atoms with Crippen molar-refractivity contribution in [3.63, 3.8) is 0 Å². The van der Waals surface area contributed by atoms with Gasteiger partial charge in [-0.3, -0.25) is 9.48 Å². The maximum absolute atomic E-state index is 12.3. The van der Waals surface area contributed by atoms with E-state index in [2.05, 4.69) is 29.2 Å². The number of carbonyl (C=O) groups is 1. The van der Waals surface area contributed by atoms with Gasteiger partial charge in [0.1, 0.15) is 0 Å². The number of thiazole rings is 1. The fourth-order valence-electron chi connectivity index (χ4n) is 1.93. The number of aromatic nitrogens is 3. The van der Waals surface area contributed by atoms with Crippen LogP contribution in [0.25, 0.3) is 0 Å². The van der Waals surface area contributed by atoms with E-state index in [4.69, 9.17) is 0 Å². The molecule has 1 atom stereocenters. The van der Waals surface area contributed by atoms with E-state index >= 15 is 0 Å². The number of hydrogen-bond acceptors (Lipinski definition) is 4. The van der Waals surface area contributed by atoms with E-state index in [1.165, 1.54) is 0 Å². The Bertz CT molecular complexity index is 651. The van der Waals surface area contributed by atoms with Crippen LogP contribution in [-0.4, -0.2) is 20.7 Å². The van der Waals surface area contributed by atoms with E-state index in [-0.39, 0.29) is 17.5 Å². The van der Waals surface area contributed by atoms with E-state index in [9.17, 15) is 4.79 Å². The van der Waals surface area contributed by atoms with Crippen molar-refractivity contribution in [2.24, 2.45) is 0 Å². The molecular weight excluding hydrogens is 296 g/mol. The van der Waals surface area contributed by atoms with Crippen LogP contribution in [0.4, 0.5) is 0 Å². The van der Waals surface area contributed by atoms with Crippen LogP contribution < -0.4 is 5.32 Å². The zero-order chi connectivity index (χ0) is 16.5. The molecule has 1 amide bonds. The van der Waals surface area contributed by atoms with Crippen molar-refractivity contribution in [2.75, 3.05) is 0 Å². The van der Waals surface area contributed by atoms with Crippen molar-refractivity contribution in [2.45, 2.75) is 59.0 Å². The van der Waals surface area contributed by atoms with Gasteiger partial charge in [0.15, 0.2) is 0 Å². The molecule has 1 N–H and O–H groups in total. The molecular formula is C16H24N4OS. The van der Waals surface area contributed by atoms with Crippen LogP contribution in [0, 0.1) is 0 Å². The van der Waals surface area contributed by atoms with Crippen LogP contribution in [0.5, 0.6) is 0 Å². The molecule has 0 unspecified atom stereocenters. The molecule has 2 aromatic rings. The molecule has 2 rings (SSSR count). The monoisotopic (exact) mass is 320 g/mol. The first-order valence-electron chi connectivity index (χ1n) is 7.50. The SMILES string of the molecule is CC(C)c1nc([C@@H](C)NC(=O)c2cnn(C(C)(C)C)c2)cs1. The van der Waals surface area contributed by atoms with Crippen LogP contribution in [-0.2, 0) is 5.54 Å². The zero-order valence-electron chi connectivity index (χ0n) is 14.0. The molecule has 5 nitrogen and oxygen atoms in total. The summed E-state index contributed by atoms with van der Waals surface area (Å²) in [6, 6.07) is -0.116. The van der Waals surface area contributed by atoms with E-state index in [0.717, 1.165) is 10.7 Å². The molecule has 6 heteroatoms. The molecule has 0 aliphatic rings. The second-order valence-electron chi connectivity index (χ2n) is 6.80. The van der Waals surface area contributed by atoms with Gasteiger partial charge < -0.3 is 5.32 Å². The first kappa shape index (κ1) is 16.7. The molecule has 0 fully saturated rings. The van der Waals surface area contributed by atoms with Crippen molar-refractivity contribution in [1.82, 2.24) is 20.1 Å². The minimum absolute atomic E-state index is 0.116. The Hall–Kier alpha value is -1.69. The molecule has 0 bridgehead atoms. The maximum Gasteiger partial charge on any atom is 0.254 e. The third-order valence-electron chi connectivity index (χ3n) is 3.36. The highest BCUT2D eigenvalue weighted by Gasteiger charge is 2.19. The Morgan fingerprint density at radius 2 is 2.00 bits per heavy atom. The van der Waals surface area contributed by atoms with E-state index in [0.29, 0.717) is 11.5 Å². The quantitative estimate of drug-likeness (QED) is 0.934. The number of nitrogens with one attached hydrogen (secondary N) is 1. The Morgan fingerprint density at radius 3 is 2.50 bits per heavy atom. The minimum atomic E-state index is -0.134. The number of rotatable bonds is 4. The summed E-state index contributed by atoms with van der Waals surface area (Å²) >= 11 is 1.64. The van der Waals surface area contributed by atoms with Gasteiger partial charge in [-0.05, 0) is 27.7 Å². The lowest BCUT2D eigenvalue weighted by atomic mass is 10.1. The van der Waals surface area contributed by atoms with E-state index in [1.807, 2.05) is 33.1 Å². The van der Waals surface area contributed by atoms with Crippen molar-refractivity contribution >= 4 is 17.2 Å². The lowest BCUT2D eigenvalue weighted by molar-refractivity contribution is 0.0939. The molecule has 0 saturated carbocycles. The third-order valence-corrected chi connectivity index (χ3v) is 4.52. The summed E-state index contributed by atoms with van der Waals surface area (Å²) in [4.78, 5) is 16.9. The molecule has 0 radical (unpaired) electrons. The van der Waals surface area contributed by atoms with Gasteiger partial charge >= 0.3 is 0 Å². The van der Waals surface area contributed by atoms with Crippen LogP contribution in [0.2, 0.25) is 0 Å². The molecule has 0 aliphatic carbocycles. The Labute approximate surface area is 135 Å². The normalized spacial score (nSPS) is 13.4. The maximum atomic E-state index is 12.3. The van der Waals surface area contributed by atoms with Crippen LogP contribution in [0.3, 0.4) is 0 Å². The van der Waals surface area contributed by atoms with E-state index in [1.54, 1.807) is 28.4 Å². The lowest BCUT2D eigenvalue weighted by Gasteiger charge is -2.18. The number of nitrogens with zero attached hydrogens (tertiary/aromatic N) is 3. The summed E-state index contributed by atoms with van der Waals surface area (Å²) in [5.41, 5.74) is 1.34. The summed E-state index contributed by atoms with van der Waals surface area (Å²) < 4.78 is 1.80. The highest BCUT2D eigenvalue weighted by molar-refractivity contribution is 7.09. The minimum Gasteiger partial charge on any atom is -0.344 e. The average molecular weight is 320 g/mol.